The molecule has 1 aromatic heterocycles. The number of rotatable bonds is 12. The highest BCUT2D eigenvalue weighted by molar-refractivity contribution is 7.91. The van der Waals surface area contributed by atoms with Crippen LogP contribution in [0.4, 0.5) is 22.4 Å². The summed E-state index contributed by atoms with van der Waals surface area (Å²) < 4.78 is 105. The van der Waals surface area contributed by atoms with Crippen molar-refractivity contribution in [3.05, 3.63) is 60.7 Å². The quantitative estimate of drug-likeness (QED) is 0.122. The number of sulfonamides is 1. The summed E-state index contributed by atoms with van der Waals surface area (Å²) in [7, 11) is -2.98. The Labute approximate surface area is 393 Å². The number of nitrogens with one attached hydrogen (secondary N) is 3. The average molecular weight is 974 g/mol. The van der Waals surface area contributed by atoms with Gasteiger partial charge < -0.3 is 34.5 Å². The number of fused-ring (bicyclic) bond motifs is 3. The van der Waals surface area contributed by atoms with Crippen molar-refractivity contribution in [2.75, 3.05) is 20.3 Å². The minimum atomic E-state index is -4.95. The number of nitrogens with zero attached hydrogens (tertiary/aromatic N) is 2. The van der Waals surface area contributed by atoms with E-state index in [1.165, 1.54) is 12.0 Å². The topological polar surface area (TPSA) is 192 Å². The Balaban J connectivity index is 1.26. The molecule has 3 heterocycles. The molecular weight excluding hydrogens is 915 g/mol. The maximum absolute atomic E-state index is 15.0. The van der Waals surface area contributed by atoms with Crippen molar-refractivity contribution in [2.45, 2.75) is 133 Å². The number of aromatic nitrogens is 1. The normalized spacial score (nSPS) is 26.9. The largest absolute Gasteiger partial charge is 0.497 e. The molecule has 7 rings (SSSR count). The Bertz CT molecular complexity index is 2550. The summed E-state index contributed by atoms with van der Waals surface area (Å²) in [6.07, 6.45) is -2.71. The summed E-state index contributed by atoms with van der Waals surface area (Å²) in [5.74, 6) is -2.71. The molecule has 1 saturated heterocycles. The van der Waals surface area contributed by atoms with Crippen molar-refractivity contribution in [3.8, 4) is 28.5 Å². The molecule has 2 aromatic carbocycles. The predicted molar refractivity (Wildman–Crippen MR) is 243 cm³/mol. The van der Waals surface area contributed by atoms with Gasteiger partial charge in [-0.15, -0.1) is 0 Å². The maximum atomic E-state index is 15.0. The first-order valence-corrected chi connectivity index (χ1v) is 24.3. The molecule has 3 aromatic rings. The number of pyridine rings is 1. The van der Waals surface area contributed by atoms with E-state index >= 15 is 4.79 Å². The summed E-state index contributed by atoms with van der Waals surface area (Å²) >= 11 is 0. The minimum absolute atomic E-state index is 0.00275. The van der Waals surface area contributed by atoms with E-state index in [-0.39, 0.29) is 44.2 Å². The van der Waals surface area contributed by atoms with Crippen LogP contribution in [0.1, 0.15) is 86.5 Å². The van der Waals surface area contributed by atoms with E-state index in [0.717, 1.165) is 0 Å². The second-order valence-corrected chi connectivity index (χ2v) is 21.5. The number of hydrogen-bond acceptors (Lipinski definition) is 11. The van der Waals surface area contributed by atoms with E-state index in [1.807, 2.05) is 43.7 Å². The number of carbonyl (C=O) groups excluding carboxylic acids is 4. The van der Waals surface area contributed by atoms with E-state index in [0.29, 0.717) is 72.5 Å². The highest BCUT2D eigenvalue weighted by Crippen LogP contribution is 2.48. The lowest BCUT2D eigenvalue weighted by Gasteiger charge is -2.34. The van der Waals surface area contributed by atoms with Crippen molar-refractivity contribution < 1.29 is 64.1 Å². The second kappa shape index (κ2) is 19.0. The predicted octanol–water partition coefficient (Wildman–Crippen LogP) is 7.32. The molecule has 68 heavy (non-hydrogen) atoms. The minimum Gasteiger partial charge on any atom is -0.497 e. The van der Waals surface area contributed by atoms with Crippen molar-refractivity contribution in [1.82, 2.24) is 25.2 Å². The van der Waals surface area contributed by atoms with Gasteiger partial charge in [0.05, 0.1) is 31.0 Å². The molecule has 4 amide bonds. The molecule has 0 radical (unpaired) electrons. The maximum Gasteiger partial charge on any atom is 0.427 e. The van der Waals surface area contributed by atoms with E-state index in [9.17, 15) is 40.4 Å². The van der Waals surface area contributed by atoms with E-state index < -0.39 is 92.6 Å². The average Bonchev–Trinajstić information content (AvgIpc) is 4.17. The lowest BCUT2D eigenvalue weighted by atomic mass is 9.88. The van der Waals surface area contributed by atoms with Crippen LogP contribution in [0, 0.1) is 17.8 Å². The summed E-state index contributed by atoms with van der Waals surface area (Å²) in [6, 6.07) is 11.3. The number of alkyl halides is 4. The van der Waals surface area contributed by atoms with Gasteiger partial charge in [0.25, 0.3) is 5.91 Å². The number of hydrogen-bond donors (Lipinski definition) is 3. The van der Waals surface area contributed by atoms with Crippen LogP contribution < -0.4 is 29.6 Å². The van der Waals surface area contributed by atoms with Crippen molar-refractivity contribution >= 4 is 44.7 Å². The van der Waals surface area contributed by atoms with Crippen LogP contribution in [0.3, 0.4) is 0 Å². The number of amides is 4. The Morgan fingerprint density at radius 1 is 1.01 bits per heavy atom. The van der Waals surface area contributed by atoms with Gasteiger partial charge in [0, 0.05) is 35.4 Å². The molecule has 7 atom stereocenters. The molecule has 3 fully saturated rings. The smallest absolute Gasteiger partial charge is 0.427 e. The fourth-order valence-corrected chi connectivity index (χ4v) is 10.3. The van der Waals surface area contributed by atoms with Crippen LogP contribution in [-0.2, 0) is 29.1 Å². The SMILES string of the molecule is COc1ccc2c(O[C@@H]3C[C@H]4C(=O)N[C@]5(C(=O)NS(=O)(=O)C6(CF)CC6)C[C@H]5/C=C\CC[C@@H](C)C[C@@H](C)[C@H](NC(=O)OC(C)(C)C(F)(F)F)C(=O)N4C3)cc(-c3ccc(OC(C)C)cc3)nc2c1. The molecule has 0 bridgehead atoms. The Morgan fingerprint density at radius 3 is 2.34 bits per heavy atom. The molecule has 0 unspecified atom stereocenters. The fraction of sp³-hybridized carbons (Fsp3) is 0.562. The Morgan fingerprint density at radius 2 is 1.71 bits per heavy atom. The van der Waals surface area contributed by atoms with Crippen LogP contribution in [-0.4, -0.2) is 109 Å². The monoisotopic (exact) mass is 973 g/mol. The fourth-order valence-electron chi connectivity index (χ4n) is 8.90. The Hall–Kier alpha value is -5.66. The van der Waals surface area contributed by atoms with Gasteiger partial charge in [-0.2, -0.15) is 13.2 Å². The first-order chi connectivity index (χ1) is 31.9. The number of halogens is 4. The van der Waals surface area contributed by atoms with Crippen molar-refractivity contribution in [1.29, 1.82) is 0 Å². The van der Waals surface area contributed by atoms with Gasteiger partial charge in [0.1, 0.15) is 52.4 Å². The van der Waals surface area contributed by atoms with Crippen LogP contribution in [0.25, 0.3) is 22.2 Å². The zero-order valence-electron chi connectivity index (χ0n) is 39.1. The summed E-state index contributed by atoms with van der Waals surface area (Å²) in [5.41, 5.74) is -3.02. The number of methoxy groups -OCH3 is 1. The number of ether oxygens (including phenoxy) is 4. The van der Waals surface area contributed by atoms with E-state index in [2.05, 4.69) is 10.6 Å². The number of benzene rings is 2. The van der Waals surface area contributed by atoms with Gasteiger partial charge in [0.2, 0.25) is 27.4 Å². The van der Waals surface area contributed by atoms with Gasteiger partial charge in [-0.1, -0.05) is 26.0 Å². The first kappa shape index (κ1) is 50.2. The standard InChI is InChI=1S/C48H59F4N5O10S/c1-27(2)65-32-14-12-30(13-15-32)36-23-39(35-17-16-33(64-7)21-37(35)53-36)66-34-22-38-41(58)55-47(43(60)56-68(62,63)46(26-49)18-19-46)24-31(47)11-9-8-10-28(3)20-29(4)40(42(59)57(38)25-34)54-44(61)67-45(5,6)48(50,51)52/h9,11-17,21,23,27-29,31,34,38,40H,8,10,18-20,22,24-26H2,1-7H3,(H,54,61)(H,55,58)(H,56,60)/b11-9-/t28-,29-,31-,34-,38+,40+,47-/m1/s1. The molecule has 2 aliphatic heterocycles. The second-order valence-electron chi connectivity index (χ2n) is 19.4. The lowest BCUT2D eigenvalue weighted by Crippen LogP contribution is -2.60. The number of carbonyl (C=O) groups is 4. The van der Waals surface area contributed by atoms with Gasteiger partial charge in [-0.05, 0) is 114 Å². The third kappa shape index (κ3) is 10.5. The van der Waals surface area contributed by atoms with Crippen LogP contribution in [0.5, 0.6) is 17.2 Å². The summed E-state index contributed by atoms with van der Waals surface area (Å²) in [6.45, 7) is 7.29. The van der Waals surface area contributed by atoms with Gasteiger partial charge in [-0.3, -0.25) is 19.1 Å². The summed E-state index contributed by atoms with van der Waals surface area (Å²) in [4.78, 5) is 63.3. The molecular formula is C48H59F4N5O10S. The number of alkyl carbamates (subject to hydrolysis) is 1. The van der Waals surface area contributed by atoms with Gasteiger partial charge in [-0.25, -0.2) is 22.6 Å². The molecule has 3 N–H and O–H groups in total. The molecule has 2 saturated carbocycles. The lowest BCUT2D eigenvalue weighted by molar-refractivity contribution is -0.244. The Kier molecular flexibility index (Phi) is 14.1. The van der Waals surface area contributed by atoms with Crippen LogP contribution in [0.15, 0.2) is 60.7 Å². The third-order valence-electron chi connectivity index (χ3n) is 13.4. The highest BCUT2D eigenvalue weighted by Gasteiger charge is 2.64. The van der Waals surface area contributed by atoms with Crippen LogP contribution in [0.2, 0.25) is 0 Å². The van der Waals surface area contributed by atoms with E-state index in [1.54, 1.807) is 49.4 Å². The highest BCUT2D eigenvalue weighted by atomic mass is 32.2. The summed E-state index contributed by atoms with van der Waals surface area (Å²) in [5, 5.41) is 5.70. The zero-order valence-corrected chi connectivity index (χ0v) is 39.9. The van der Waals surface area contributed by atoms with Gasteiger partial charge >= 0.3 is 12.3 Å². The van der Waals surface area contributed by atoms with Crippen molar-refractivity contribution in [2.24, 2.45) is 17.8 Å². The molecule has 0 spiro atoms. The first-order valence-electron chi connectivity index (χ1n) is 22.8. The molecule has 15 nitrogen and oxygen atoms in total. The molecule has 4 aliphatic rings. The van der Waals surface area contributed by atoms with Gasteiger partial charge in [0.15, 0.2) is 0 Å². The number of allylic oxidation sites excluding steroid dienone is 1. The zero-order chi connectivity index (χ0) is 49.6. The molecule has 2 aliphatic carbocycles. The van der Waals surface area contributed by atoms with Crippen molar-refractivity contribution in [3.63, 3.8) is 0 Å². The third-order valence-corrected chi connectivity index (χ3v) is 15.5. The molecule has 370 valence electrons. The van der Waals surface area contributed by atoms with Crippen LogP contribution >= 0.6 is 0 Å². The molecule has 20 heteroatoms. The van der Waals surface area contributed by atoms with E-state index in [4.69, 9.17) is 23.9 Å².